The van der Waals surface area contributed by atoms with Crippen LogP contribution in [-0.2, 0) is 9.84 Å². The number of hydrogen-bond acceptors (Lipinski definition) is 8. The highest BCUT2D eigenvalue weighted by Crippen LogP contribution is 2.24. The molecule has 4 rings (SSSR count). The molecular weight excluding hydrogens is 452 g/mol. The third-order valence-corrected chi connectivity index (χ3v) is 6.42. The lowest BCUT2D eigenvalue weighted by molar-refractivity contribution is 0.102. The minimum Gasteiger partial charge on any atom is -0.341 e. The molecule has 0 unspecified atom stereocenters. The molecule has 0 radical (unpaired) electrons. The van der Waals surface area contributed by atoms with Gasteiger partial charge in [0.2, 0.25) is 11.9 Å². The highest BCUT2D eigenvalue weighted by Gasteiger charge is 2.20. The van der Waals surface area contributed by atoms with E-state index < -0.39 is 15.7 Å². The number of nitrogens with zero attached hydrogens (tertiary/aromatic N) is 5. The van der Waals surface area contributed by atoms with Crippen LogP contribution < -0.4 is 10.2 Å². The zero-order valence-corrected chi connectivity index (χ0v) is 18.9. The van der Waals surface area contributed by atoms with Crippen molar-refractivity contribution in [1.29, 1.82) is 0 Å². The number of benzene rings is 1. The Bertz CT molecular complexity index is 1250. The normalized spacial score (nSPS) is 14.2. The summed E-state index contributed by atoms with van der Waals surface area (Å²) >= 11 is 6.18. The number of anilines is 2. The second-order valence-electron chi connectivity index (χ2n) is 7.41. The van der Waals surface area contributed by atoms with E-state index in [1.807, 2.05) is 6.07 Å². The van der Waals surface area contributed by atoms with Crippen molar-refractivity contribution in [3.63, 3.8) is 0 Å². The van der Waals surface area contributed by atoms with Gasteiger partial charge in [-0.05, 0) is 49.6 Å². The molecule has 0 bridgehead atoms. The van der Waals surface area contributed by atoms with Gasteiger partial charge in [-0.25, -0.2) is 8.42 Å². The molecule has 11 heteroatoms. The van der Waals surface area contributed by atoms with Crippen molar-refractivity contribution in [3.8, 4) is 11.5 Å². The molecule has 32 heavy (non-hydrogen) atoms. The lowest BCUT2D eigenvalue weighted by atomic mass is 10.1. The van der Waals surface area contributed by atoms with Gasteiger partial charge in [-0.1, -0.05) is 17.7 Å². The van der Waals surface area contributed by atoms with Crippen LogP contribution in [0.2, 0.25) is 5.02 Å². The summed E-state index contributed by atoms with van der Waals surface area (Å²) in [6.45, 7) is 1.63. The Labute approximate surface area is 190 Å². The van der Waals surface area contributed by atoms with E-state index in [2.05, 4.69) is 30.2 Å². The average Bonchev–Trinajstić information content (AvgIpc) is 2.79. The number of hydrogen-bond donors (Lipinski definition) is 1. The highest BCUT2D eigenvalue weighted by atomic mass is 35.5. The molecule has 0 atom stereocenters. The Hall–Kier alpha value is -3.11. The first kappa shape index (κ1) is 22.1. The predicted molar refractivity (Wildman–Crippen MR) is 122 cm³/mol. The third kappa shape index (κ3) is 5.03. The van der Waals surface area contributed by atoms with Gasteiger partial charge in [0.15, 0.2) is 15.7 Å². The number of sulfone groups is 1. The molecule has 0 aliphatic carbocycles. The first-order valence-electron chi connectivity index (χ1n) is 10.0. The zero-order chi connectivity index (χ0) is 22.7. The molecule has 1 aliphatic rings. The first-order chi connectivity index (χ1) is 15.3. The van der Waals surface area contributed by atoms with E-state index in [4.69, 9.17) is 11.6 Å². The molecule has 1 saturated heterocycles. The van der Waals surface area contributed by atoms with Crippen LogP contribution in [-0.4, -0.2) is 53.6 Å². The Kier molecular flexibility index (Phi) is 6.33. The van der Waals surface area contributed by atoms with E-state index in [-0.39, 0.29) is 21.4 Å². The number of nitrogens with one attached hydrogen (secondary N) is 1. The maximum atomic E-state index is 12.9. The van der Waals surface area contributed by atoms with Gasteiger partial charge >= 0.3 is 0 Å². The van der Waals surface area contributed by atoms with Gasteiger partial charge in [-0.3, -0.25) is 15.1 Å². The Balaban J connectivity index is 1.67. The van der Waals surface area contributed by atoms with Crippen molar-refractivity contribution in [2.75, 3.05) is 29.6 Å². The van der Waals surface area contributed by atoms with Crippen LogP contribution in [0, 0.1) is 0 Å². The second-order valence-corrected chi connectivity index (χ2v) is 9.84. The summed E-state index contributed by atoms with van der Waals surface area (Å²) in [5.41, 5.74) is 0.664. The standard InChI is InChI=1S/C21H21ClN6O3S/c1-32(30,31)14-8-9-15(16(22)13-14)19(29)26-20-24-18(17-7-3-4-10-23-17)25-21(27-20)28-11-5-2-6-12-28/h3-4,7-10,13H,2,5-6,11-12H2,1H3,(H,24,25,26,27,29). The molecule has 0 spiro atoms. The van der Waals surface area contributed by atoms with Gasteiger partial charge in [0.25, 0.3) is 5.91 Å². The highest BCUT2D eigenvalue weighted by molar-refractivity contribution is 7.90. The van der Waals surface area contributed by atoms with Crippen LogP contribution in [0.1, 0.15) is 29.6 Å². The van der Waals surface area contributed by atoms with E-state index in [0.717, 1.165) is 38.6 Å². The van der Waals surface area contributed by atoms with Crippen molar-refractivity contribution in [2.24, 2.45) is 0 Å². The first-order valence-corrected chi connectivity index (χ1v) is 12.3. The summed E-state index contributed by atoms with van der Waals surface area (Å²) < 4.78 is 23.4. The number of amides is 1. The second kappa shape index (κ2) is 9.17. The summed E-state index contributed by atoms with van der Waals surface area (Å²) in [7, 11) is -3.44. The molecule has 3 heterocycles. The number of carbonyl (C=O) groups excluding carboxylic acids is 1. The quantitative estimate of drug-likeness (QED) is 0.601. The van der Waals surface area contributed by atoms with Gasteiger partial charge in [-0.2, -0.15) is 15.0 Å². The maximum absolute atomic E-state index is 12.9. The minimum absolute atomic E-state index is 0.0145. The van der Waals surface area contributed by atoms with Gasteiger partial charge in [0.05, 0.1) is 15.5 Å². The van der Waals surface area contributed by atoms with Gasteiger partial charge < -0.3 is 4.90 Å². The Morgan fingerprint density at radius 2 is 1.84 bits per heavy atom. The summed E-state index contributed by atoms with van der Waals surface area (Å²) in [6.07, 6.45) is 5.94. The number of halogens is 1. The molecule has 3 aromatic rings. The van der Waals surface area contributed by atoms with Gasteiger partial charge in [0.1, 0.15) is 5.69 Å². The fourth-order valence-corrected chi connectivity index (χ4v) is 4.32. The monoisotopic (exact) mass is 472 g/mol. The Morgan fingerprint density at radius 1 is 1.06 bits per heavy atom. The van der Waals surface area contributed by atoms with Crippen LogP contribution >= 0.6 is 11.6 Å². The van der Waals surface area contributed by atoms with Crippen LogP contribution in [0.3, 0.4) is 0 Å². The summed E-state index contributed by atoms with van der Waals surface area (Å²) in [4.78, 5) is 32.6. The Morgan fingerprint density at radius 3 is 2.50 bits per heavy atom. The third-order valence-electron chi connectivity index (χ3n) is 5.00. The average molecular weight is 473 g/mol. The van der Waals surface area contributed by atoms with E-state index in [1.165, 1.54) is 18.2 Å². The topological polar surface area (TPSA) is 118 Å². The smallest absolute Gasteiger partial charge is 0.259 e. The van der Waals surface area contributed by atoms with E-state index in [9.17, 15) is 13.2 Å². The molecule has 1 aliphatic heterocycles. The summed E-state index contributed by atoms with van der Waals surface area (Å²) in [5, 5.41) is 2.67. The SMILES string of the molecule is CS(=O)(=O)c1ccc(C(=O)Nc2nc(-c3ccccn3)nc(N3CCCCC3)n2)c(Cl)c1. The summed E-state index contributed by atoms with van der Waals surface area (Å²) in [6, 6.07) is 9.34. The minimum atomic E-state index is -3.44. The van der Waals surface area contributed by atoms with Crippen molar-refractivity contribution in [3.05, 3.63) is 53.2 Å². The number of carbonyl (C=O) groups is 1. The molecule has 1 fully saturated rings. The zero-order valence-electron chi connectivity index (χ0n) is 17.3. The maximum Gasteiger partial charge on any atom is 0.259 e. The van der Waals surface area contributed by atoms with Crippen molar-refractivity contribution >= 4 is 39.2 Å². The number of rotatable bonds is 5. The molecule has 0 saturated carbocycles. The van der Waals surface area contributed by atoms with Crippen molar-refractivity contribution < 1.29 is 13.2 Å². The van der Waals surface area contributed by atoms with Crippen LogP contribution in [0.4, 0.5) is 11.9 Å². The van der Waals surface area contributed by atoms with E-state index in [1.54, 1.807) is 18.3 Å². The molecule has 1 aromatic carbocycles. The van der Waals surface area contributed by atoms with E-state index in [0.29, 0.717) is 17.5 Å². The van der Waals surface area contributed by atoms with Crippen molar-refractivity contribution in [1.82, 2.24) is 19.9 Å². The van der Waals surface area contributed by atoms with Crippen LogP contribution in [0.15, 0.2) is 47.5 Å². The van der Waals surface area contributed by atoms with Crippen LogP contribution in [0.5, 0.6) is 0 Å². The fraction of sp³-hybridized carbons (Fsp3) is 0.286. The van der Waals surface area contributed by atoms with Crippen LogP contribution in [0.25, 0.3) is 11.5 Å². The molecular formula is C21H21ClN6O3S. The lowest BCUT2D eigenvalue weighted by Gasteiger charge is -2.26. The van der Waals surface area contributed by atoms with Gasteiger partial charge in [-0.15, -0.1) is 0 Å². The molecule has 9 nitrogen and oxygen atoms in total. The summed E-state index contributed by atoms with van der Waals surface area (Å²) in [5.74, 6) is 0.316. The van der Waals surface area contributed by atoms with E-state index >= 15 is 0 Å². The lowest BCUT2D eigenvalue weighted by Crippen LogP contribution is -2.31. The molecule has 1 amide bonds. The number of aromatic nitrogens is 4. The molecule has 1 N–H and O–H groups in total. The van der Waals surface area contributed by atoms with Gasteiger partial charge in [0, 0.05) is 25.5 Å². The number of pyridine rings is 1. The predicted octanol–water partition coefficient (Wildman–Crippen LogP) is 3.23. The number of piperidine rings is 1. The molecule has 166 valence electrons. The molecule has 2 aromatic heterocycles. The largest absolute Gasteiger partial charge is 0.341 e. The van der Waals surface area contributed by atoms with Crippen molar-refractivity contribution in [2.45, 2.75) is 24.2 Å². The fourth-order valence-electron chi connectivity index (χ4n) is 3.35.